The molecule has 0 unspecified atom stereocenters. The van der Waals surface area contributed by atoms with E-state index in [9.17, 15) is 18.0 Å². The lowest BCUT2D eigenvalue weighted by atomic mass is 10.3. The number of anilines is 1. The van der Waals surface area contributed by atoms with Gasteiger partial charge < -0.3 is 9.88 Å². The summed E-state index contributed by atoms with van der Waals surface area (Å²) in [6.45, 7) is 2.96. The Bertz CT molecular complexity index is 1250. The SMILES string of the molecule is CC(=O)NCc1ccc(-c2csc(NC(=O)c3cc(S(=O)(=O)N4CCCC4)cn3C)n2)s1. The van der Waals surface area contributed by atoms with Gasteiger partial charge in [-0.15, -0.1) is 22.7 Å². The number of hydrogen-bond acceptors (Lipinski definition) is 7. The number of thiophene rings is 1. The number of rotatable bonds is 7. The second-order valence-corrected chi connectivity index (χ2v) is 11.4. The van der Waals surface area contributed by atoms with E-state index in [0.717, 1.165) is 28.3 Å². The number of thiazole rings is 1. The van der Waals surface area contributed by atoms with Gasteiger partial charge in [-0.25, -0.2) is 13.4 Å². The summed E-state index contributed by atoms with van der Waals surface area (Å²) in [6.07, 6.45) is 3.17. The first-order chi connectivity index (χ1) is 15.2. The van der Waals surface area contributed by atoms with E-state index < -0.39 is 15.9 Å². The molecule has 3 aromatic rings. The number of nitrogens with one attached hydrogen (secondary N) is 2. The van der Waals surface area contributed by atoms with Crippen LogP contribution in [0, 0.1) is 0 Å². The van der Waals surface area contributed by atoms with Crippen LogP contribution in [-0.2, 0) is 28.4 Å². The summed E-state index contributed by atoms with van der Waals surface area (Å²) < 4.78 is 28.5. The lowest BCUT2D eigenvalue weighted by Gasteiger charge is -2.13. The van der Waals surface area contributed by atoms with Gasteiger partial charge in [-0.3, -0.25) is 14.9 Å². The van der Waals surface area contributed by atoms with Crippen LogP contribution in [-0.4, -0.2) is 47.2 Å². The summed E-state index contributed by atoms with van der Waals surface area (Å²) in [5.74, 6) is -0.510. The van der Waals surface area contributed by atoms with Crippen LogP contribution >= 0.6 is 22.7 Å². The number of nitrogens with zero attached hydrogens (tertiary/aromatic N) is 3. The molecule has 0 aliphatic carbocycles. The van der Waals surface area contributed by atoms with E-state index in [2.05, 4.69) is 15.6 Å². The van der Waals surface area contributed by atoms with Gasteiger partial charge in [0.1, 0.15) is 10.6 Å². The van der Waals surface area contributed by atoms with Crippen molar-refractivity contribution in [3.63, 3.8) is 0 Å². The number of aromatic nitrogens is 2. The van der Waals surface area contributed by atoms with Crippen LogP contribution in [0.4, 0.5) is 5.13 Å². The minimum Gasteiger partial charge on any atom is -0.351 e. The molecule has 0 atom stereocenters. The van der Waals surface area contributed by atoms with Crippen LogP contribution in [0.2, 0.25) is 0 Å². The van der Waals surface area contributed by atoms with Crippen LogP contribution in [0.1, 0.15) is 35.1 Å². The standard InChI is InChI=1S/C20H23N5O4S3/c1-13(26)21-10-14-5-6-18(31-14)16-12-30-20(22-16)23-19(27)17-9-15(11-24(17)2)32(28,29)25-7-3-4-8-25/h5-6,9,11-12H,3-4,7-8,10H2,1-2H3,(H,21,26)(H,22,23,27). The maximum absolute atomic E-state index is 12.8. The van der Waals surface area contributed by atoms with Gasteiger partial charge in [0.15, 0.2) is 5.13 Å². The fourth-order valence-corrected chi connectivity index (χ4v) is 6.68. The molecule has 0 bridgehead atoms. The monoisotopic (exact) mass is 493 g/mol. The molecule has 4 heterocycles. The van der Waals surface area contributed by atoms with Crippen molar-refractivity contribution in [1.29, 1.82) is 0 Å². The van der Waals surface area contributed by atoms with Gasteiger partial charge >= 0.3 is 0 Å². The van der Waals surface area contributed by atoms with Gasteiger partial charge in [0.05, 0.1) is 17.1 Å². The summed E-state index contributed by atoms with van der Waals surface area (Å²) >= 11 is 2.81. The number of carbonyl (C=O) groups excluding carboxylic acids is 2. The normalized spacial score (nSPS) is 14.6. The van der Waals surface area contributed by atoms with Crippen LogP contribution in [0.3, 0.4) is 0 Å². The number of carbonyl (C=O) groups is 2. The summed E-state index contributed by atoms with van der Waals surface area (Å²) in [7, 11) is -1.95. The second-order valence-electron chi connectivity index (χ2n) is 7.45. The number of amides is 2. The quantitative estimate of drug-likeness (QED) is 0.525. The lowest BCUT2D eigenvalue weighted by Crippen LogP contribution is -2.27. The molecule has 32 heavy (non-hydrogen) atoms. The Labute approximate surface area is 194 Å². The maximum Gasteiger partial charge on any atom is 0.274 e. The minimum absolute atomic E-state index is 0.0873. The van der Waals surface area contributed by atoms with Crippen molar-refractivity contribution in [2.75, 3.05) is 18.4 Å². The molecule has 170 valence electrons. The van der Waals surface area contributed by atoms with Gasteiger partial charge in [-0.05, 0) is 31.0 Å². The maximum atomic E-state index is 12.8. The molecular formula is C20H23N5O4S3. The molecule has 1 aliphatic heterocycles. The number of hydrogen-bond donors (Lipinski definition) is 2. The van der Waals surface area contributed by atoms with E-state index in [0.29, 0.717) is 24.8 Å². The highest BCUT2D eigenvalue weighted by Crippen LogP contribution is 2.31. The molecule has 1 aliphatic rings. The van der Waals surface area contributed by atoms with Crippen molar-refractivity contribution >= 4 is 49.6 Å². The van der Waals surface area contributed by atoms with E-state index in [1.807, 2.05) is 17.5 Å². The van der Waals surface area contributed by atoms with Crippen LogP contribution < -0.4 is 10.6 Å². The van der Waals surface area contributed by atoms with Gasteiger partial charge in [0, 0.05) is 43.5 Å². The topological polar surface area (TPSA) is 113 Å². The fourth-order valence-electron chi connectivity index (χ4n) is 3.41. The highest BCUT2D eigenvalue weighted by molar-refractivity contribution is 7.89. The summed E-state index contributed by atoms with van der Waals surface area (Å²) in [5, 5.41) is 7.79. The molecule has 4 rings (SSSR count). The molecule has 1 saturated heterocycles. The third-order valence-corrected chi connectivity index (χ3v) is 8.80. The van der Waals surface area contributed by atoms with Crippen molar-refractivity contribution in [1.82, 2.24) is 19.2 Å². The molecular weight excluding hydrogens is 470 g/mol. The molecule has 0 aromatic carbocycles. The average molecular weight is 494 g/mol. The summed E-state index contributed by atoms with van der Waals surface area (Å²) in [6, 6.07) is 5.26. The van der Waals surface area contributed by atoms with Gasteiger partial charge in [-0.1, -0.05) is 0 Å². The molecule has 12 heteroatoms. The Kier molecular flexibility index (Phi) is 6.47. The summed E-state index contributed by atoms with van der Waals surface area (Å²) in [4.78, 5) is 30.4. The molecule has 1 fully saturated rings. The Morgan fingerprint density at radius 3 is 2.69 bits per heavy atom. The first-order valence-electron chi connectivity index (χ1n) is 10.0. The van der Waals surface area contributed by atoms with E-state index in [1.54, 1.807) is 7.05 Å². The highest BCUT2D eigenvalue weighted by Gasteiger charge is 2.29. The predicted molar refractivity (Wildman–Crippen MR) is 124 cm³/mol. The highest BCUT2D eigenvalue weighted by atomic mass is 32.2. The van der Waals surface area contributed by atoms with Gasteiger partial charge in [0.2, 0.25) is 15.9 Å². The summed E-state index contributed by atoms with van der Waals surface area (Å²) in [5.41, 5.74) is 0.974. The Morgan fingerprint density at radius 2 is 1.97 bits per heavy atom. The zero-order chi connectivity index (χ0) is 22.9. The van der Waals surface area contributed by atoms with E-state index in [-0.39, 0.29) is 16.5 Å². The Morgan fingerprint density at radius 1 is 1.22 bits per heavy atom. The molecule has 0 radical (unpaired) electrons. The van der Waals surface area contributed by atoms with Crippen molar-refractivity contribution in [2.45, 2.75) is 31.2 Å². The molecule has 9 nitrogen and oxygen atoms in total. The number of sulfonamides is 1. The lowest BCUT2D eigenvalue weighted by molar-refractivity contribution is -0.119. The van der Waals surface area contributed by atoms with Crippen LogP contribution in [0.5, 0.6) is 0 Å². The molecule has 2 N–H and O–H groups in total. The van der Waals surface area contributed by atoms with Crippen molar-refractivity contribution < 1.29 is 18.0 Å². The van der Waals surface area contributed by atoms with Crippen molar-refractivity contribution in [2.24, 2.45) is 7.05 Å². The first-order valence-corrected chi connectivity index (χ1v) is 13.1. The van der Waals surface area contributed by atoms with E-state index >= 15 is 0 Å². The van der Waals surface area contributed by atoms with Crippen LogP contribution in [0.15, 0.2) is 34.7 Å². The van der Waals surface area contributed by atoms with E-state index in [1.165, 1.54) is 50.7 Å². The third kappa shape index (κ3) is 4.77. The molecule has 2 amide bonds. The fraction of sp³-hybridized carbons (Fsp3) is 0.350. The largest absolute Gasteiger partial charge is 0.351 e. The van der Waals surface area contributed by atoms with Crippen LogP contribution in [0.25, 0.3) is 10.6 Å². The zero-order valence-corrected chi connectivity index (χ0v) is 20.1. The zero-order valence-electron chi connectivity index (χ0n) is 17.6. The van der Waals surface area contributed by atoms with Crippen molar-refractivity contribution in [3.8, 4) is 10.6 Å². The Hall–Kier alpha value is -2.54. The third-order valence-electron chi connectivity index (χ3n) is 5.07. The minimum atomic E-state index is -3.59. The van der Waals surface area contributed by atoms with Crippen molar-refractivity contribution in [3.05, 3.63) is 40.3 Å². The first kappa shape index (κ1) is 22.6. The number of aryl methyl sites for hydroxylation is 1. The predicted octanol–water partition coefficient (Wildman–Crippen LogP) is 2.88. The molecule has 0 saturated carbocycles. The Balaban J connectivity index is 1.46. The van der Waals surface area contributed by atoms with E-state index in [4.69, 9.17) is 0 Å². The smallest absolute Gasteiger partial charge is 0.274 e. The molecule has 3 aromatic heterocycles. The van der Waals surface area contributed by atoms with Gasteiger partial charge in [0.25, 0.3) is 5.91 Å². The van der Waals surface area contributed by atoms with Gasteiger partial charge in [-0.2, -0.15) is 4.31 Å². The average Bonchev–Trinajstić information content (AvgIpc) is 3.51. The molecule has 0 spiro atoms. The second kappa shape index (κ2) is 9.14.